The number of benzene rings is 1. The van der Waals surface area contributed by atoms with Crippen LogP contribution in [0.1, 0.15) is 44.3 Å². The van der Waals surface area contributed by atoms with Gasteiger partial charge in [0.05, 0.1) is 12.0 Å². The third-order valence-corrected chi connectivity index (χ3v) is 4.49. The van der Waals surface area contributed by atoms with Crippen molar-refractivity contribution < 1.29 is 9.53 Å². The number of ether oxygens (including phenoxy) is 1. The number of carbonyl (C=O) groups excluding carboxylic acids is 1. The van der Waals surface area contributed by atoms with Crippen molar-refractivity contribution in [1.29, 1.82) is 0 Å². The summed E-state index contributed by atoms with van der Waals surface area (Å²) in [5.74, 6) is -0.0442. The molecule has 1 aliphatic carbocycles. The summed E-state index contributed by atoms with van der Waals surface area (Å²) in [6.07, 6.45) is 3.86. The van der Waals surface area contributed by atoms with E-state index in [0.29, 0.717) is 6.54 Å². The van der Waals surface area contributed by atoms with Crippen LogP contribution in [0.2, 0.25) is 0 Å². The molecule has 1 saturated carbocycles. The molecule has 3 atom stereocenters. The molecule has 0 radical (unpaired) electrons. The number of hydrogen-bond acceptors (Lipinski definition) is 3. The van der Waals surface area contributed by atoms with Gasteiger partial charge in [0.1, 0.15) is 0 Å². The van der Waals surface area contributed by atoms with Crippen LogP contribution < -0.4 is 11.1 Å². The first-order valence-electron chi connectivity index (χ1n) is 7.69. The smallest absolute Gasteiger partial charge is 0.225 e. The molecule has 1 aliphatic rings. The van der Waals surface area contributed by atoms with E-state index in [-0.39, 0.29) is 17.9 Å². The van der Waals surface area contributed by atoms with Crippen molar-refractivity contribution in [1.82, 2.24) is 5.32 Å². The zero-order valence-corrected chi connectivity index (χ0v) is 13.0. The highest BCUT2D eigenvalue weighted by molar-refractivity contribution is 5.80. The normalized spacial score (nSPS) is 27.1. The van der Waals surface area contributed by atoms with E-state index >= 15 is 0 Å². The Labute approximate surface area is 127 Å². The number of methoxy groups -OCH3 is 1. The minimum Gasteiger partial charge on any atom is -0.375 e. The van der Waals surface area contributed by atoms with Gasteiger partial charge >= 0.3 is 0 Å². The molecule has 0 spiro atoms. The van der Waals surface area contributed by atoms with Crippen molar-refractivity contribution in [2.45, 2.75) is 44.2 Å². The van der Waals surface area contributed by atoms with Crippen LogP contribution in [0.15, 0.2) is 30.3 Å². The predicted molar refractivity (Wildman–Crippen MR) is 83.8 cm³/mol. The van der Waals surface area contributed by atoms with E-state index in [0.717, 1.165) is 31.2 Å². The van der Waals surface area contributed by atoms with Crippen molar-refractivity contribution in [3.8, 4) is 0 Å². The number of rotatable bonds is 5. The van der Waals surface area contributed by atoms with Crippen molar-refractivity contribution in [2.24, 2.45) is 11.7 Å². The Kier molecular flexibility index (Phi) is 5.37. The zero-order chi connectivity index (χ0) is 15.3. The van der Waals surface area contributed by atoms with Gasteiger partial charge < -0.3 is 15.8 Å². The first-order chi connectivity index (χ1) is 10.0. The van der Waals surface area contributed by atoms with Crippen LogP contribution in [-0.4, -0.2) is 25.1 Å². The average Bonchev–Trinajstić information content (AvgIpc) is 2.48. The second kappa shape index (κ2) is 7.05. The van der Waals surface area contributed by atoms with Crippen LogP contribution in [-0.2, 0) is 9.53 Å². The van der Waals surface area contributed by atoms with Crippen molar-refractivity contribution in [3.05, 3.63) is 35.9 Å². The first-order valence-corrected chi connectivity index (χ1v) is 7.69. The molecular weight excluding hydrogens is 264 g/mol. The lowest BCUT2D eigenvalue weighted by molar-refractivity contribution is -0.128. The summed E-state index contributed by atoms with van der Waals surface area (Å²) in [7, 11) is 1.66. The highest BCUT2D eigenvalue weighted by Gasteiger charge is 2.37. The molecule has 116 valence electrons. The van der Waals surface area contributed by atoms with E-state index in [1.54, 1.807) is 7.11 Å². The molecule has 1 amide bonds. The first kappa shape index (κ1) is 16.0. The Hall–Kier alpha value is -1.39. The standard InChI is InChI=1S/C17H26N2O2/c1-17(18)11-7-6-10-14(17)16(20)19-12-15(21-2)13-8-4-3-5-9-13/h3-5,8-9,14-15H,6-7,10-12,18H2,1-2H3,(H,19,20). The molecule has 1 aromatic carbocycles. The number of nitrogens with two attached hydrogens (primary N) is 1. The van der Waals surface area contributed by atoms with Gasteiger partial charge in [-0.2, -0.15) is 0 Å². The van der Waals surface area contributed by atoms with Crippen LogP contribution in [0.4, 0.5) is 0 Å². The van der Waals surface area contributed by atoms with Crippen LogP contribution >= 0.6 is 0 Å². The number of amides is 1. The maximum Gasteiger partial charge on any atom is 0.225 e. The van der Waals surface area contributed by atoms with E-state index < -0.39 is 5.54 Å². The topological polar surface area (TPSA) is 64.3 Å². The summed E-state index contributed by atoms with van der Waals surface area (Å²) in [6.45, 7) is 2.47. The van der Waals surface area contributed by atoms with Crippen LogP contribution in [0, 0.1) is 5.92 Å². The summed E-state index contributed by atoms with van der Waals surface area (Å²) in [4.78, 5) is 12.4. The molecule has 21 heavy (non-hydrogen) atoms. The highest BCUT2D eigenvalue weighted by Crippen LogP contribution is 2.31. The van der Waals surface area contributed by atoms with Crippen LogP contribution in [0.25, 0.3) is 0 Å². The second-order valence-electron chi connectivity index (χ2n) is 6.18. The maximum atomic E-state index is 12.4. The molecule has 0 aromatic heterocycles. The third-order valence-electron chi connectivity index (χ3n) is 4.49. The van der Waals surface area contributed by atoms with Crippen molar-refractivity contribution in [3.63, 3.8) is 0 Å². The SMILES string of the molecule is COC(CNC(=O)C1CCCCC1(C)N)c1ccccc1. The predicted octanol–water partition coefficient (Wildman–Crippen LogP) is 2.40. The summed E-state index contributed by atoms with van der Waals surface area (Å²) in [5.41, 5.74) is 6.96. The summed E-state index contributed by atoms with van der Waals surface area (Å²) in [6, 6.07) is 9.93. The Morgan fingerprint density at radius 1 is 1.43 bits per heavy atom. The fourth-order valence-corrected chi connectivity index (χ4v) is 3.11. The van der Waals surface area contributed by atoms with Gasteiger partial charge in [-0.1, -0.05) is 43.2 Å². The van der Waals surface area contributed by atoms with Crippen LogP contribution in [0.3, 0.4) is 0 Å². The quantitative estimate of drug-likeness (QED) is 0.875. The van der Waals surface area contributed by atoms with Gasteiger partial charge in [0.2, 0.25) is 5.91 Å². The molecule has 0 aliphatic heterocycles. The number of nitrogens with one attached hydrogen (secondary N) is 1. The fourth-order valence-electron chi connectivity index (χ4n) is 3.11. The lowest BCUT2D eigenvalue weighted by atomic mass is 9.74. The number of hydrogen-bond donors (Lipinski definition) is 2. The van der Waals surface area contributed by atoms with Gasteiger partial charge in [-0.15, -0.1) is 0 Å². The van der Waals surface area contributed by atoms with Gasteiger partial charge in [0.25, 0.3) is 0 Å². The minimum atomic E-state index is -0.391. The van der Waals surface area contributed by atoms with E-state index in [2.05, 4.69) is 5.32 Å². The molecule has 4 heteroatoms. The van der Waals surface area contributed by atoms with Gasteiger partial charge in [0.15, 0.2) is 0 Å². The molecule has 3 unspecified atom stereocenters. The third kappa shape index (κ3) is 4.05. The largest absolute Gasteiger partial charge is 0.375 e. The van der Waals surface area contributed by atoms with E-state index in [9.17, 15) is 4.79 Å². The summed E-state index contributed by atoms with van der Waals surface area (Å²) >= 11 is 0. The molecule has 0 saturated heterocycles. The lowest BCUT2D eigenvalue weighted by Gasteiger charge is -2.37. The highest BCUT2D eigenvalue weighted by atomic mass is 16.5. The molecule has 3 N–H and O–H groups in total. The molecular formula is C17H26N2O2. The molecule has 4 nitrogen and oxygen atoms in total. The van der Waals surface area contributed by atoms with Gasteiger partial charge in [-0.3, -0.25) is 4.79 Å². The van der Waals surface area contributed by atoms with E-state index in [1.165, 1.54) is 0 Å². The molecule has 1 fully saturated rings. The van der Waals surface area contributed by atoms with Gasteiger partial charge in [-0.05, 0) is 25.3 Å². The molecule has 2 rings (SSSR count). The van der Waals surface area contributed by atoms with Gasteiger partial charge in [0, 0.05) is 19.2 Å². The summed E-state index contributed by atoms with van der Waals surface area (Å²) in [5, 5.41) is 3.01. The lowest BCUT2D eigenvalue weighted by Crippen LogP contribution is -2.53. The summed E-state index contributed by atoms with van der Waals surface area (Å²) < 4.78 is 5.48. The zero-order valence-electron chi connectivity index (χ0n) is 13.0. The molecule has 1 aromatic rings. The number of carbonyl (C=O) groups is 1. The Balaban J connectivity index is 1.93. The Morgan fingerprint density at radius 3 is 2.76 bits per heavy atom. The Bertz CT molecular complexity index is 459. The Morgan fingerprint density at radius 2 is 2.14 bits per heavy atom. The average molecular weight is 290 g/mol. The van der Waals surface area contributed by atoms with E-state index in [4.69, 9.17) is 10.5 Å². The van der Waals surface area contributed by atoms with Crippen molar-refractivity contribution in [2.75, 3.05) is 13.7 Å². The van der Waals surface area contributed by atoms with Crippen LogP contribution in [0.5, 0.6) is 0 Å². The van der Waals surface area contributed by atoms with Crippen molar-refractivity contribution >= 4 is 5.91 Å². The fraction of sp³-hybridized carbons (Fsp3) is 0.588. The maximum absolute atomic E-state index is 12.4. The molecule has 0 heterocycles. The van der Waals surface area contributed by atoms with Gasteiger partial charge in [-0.25, -0.2) is 0 Å². The minimum absolute atomic E-state index is 0.0534. The van der Waals surface area contributed by atoms with E-state index in [1.807, 2.05) is 37.3 Å². The molecule has 0 bridgehead atoms. The monoisotopic (exact) mass is 290 g/mol. The second-order valence-corrected chi connectivity index (χ2v) is 6.18.